The molecule has 0 N–H and O–H groups in total. The number of Topliss-reactive ketones (excluding diaryl/α,β-unsaturated/α-hetero) is 1. The van der Waals surface area contributed by atoms with Crippen molar-refractivity contribution >= 4 is 46.7 Å². The Bertz CT molecular complexity index is 1130. The molecular weight excluding hydrogens is 451 g/mol. The summed E-state index contributed by atoms with van der Waals surface area (Å²) < 4.78 is 0. The van der Waals surface area contributed by atoms with Gasteiger partial charge in [0.1, 0.15) is 6.54 Å². The van der Waals surface area contributed by atoms with Crippen LogP contribution in [0.3, 0.4) is 0 Å². The van der Waals surface area contributed by atoms with Crippen molar-refractivity contribution in [3.8, 4) is 0 Å². The second kappa shape index (κ2) is 8.88. The molecule has 2 aromatic carbocycles. The molecule has 1 saturated heterocycles. The average molecular weight is 471 g/mol. The Balaban J connectivity index is 1.72. The fourth-order valence-corrected chi connectivity index (χ4v) is 4.53. The second-order valence-electron chi connectivity index (χ2n) is 7.92. The van der Waals surface area contributed by atoms with E-state index in [1.165, 1.54) is 18.2 Å². The number of amides is 3. The molecular formula is C24H20Cl2N2O4. The Morgan fingerprint density at radius 3 is 2.38 bits per heavy atom. The van der Waals surface area contributed by atoms with Gasteiger partial charge in [0.2, 0.25) is 0 Å². The predicted octanol–water partition coefficient (Wildman–Crippen LogP) is 4.43. The highest BCUT2D eigenvalue weighted by Crippen LogP contribution is 2.39. The molecule has 1 fully saturated rings. The Hall–Kier alpha value is -2.96. The van der Waals surface area contributed by atoms with Gasteiger partial charge < -0.3 is 0 Å². The third-order valence-corrected chi connectivity index (χ3v) is 6.62. The zero-order valence-corrected chi connectivity index (χ0v) is 18.7. The number of imide groups is 1. The fraction of sp³-hybridized carbons (Fsp3) is 0.250. The average Bonchev–Trinajstić information content (AvgIpc) is 3.05. The number of hydrogen-bond acceptors (Lipinski definition) is 4. The molecule has 8 heteroatoms. The van der Waals surface area contributed by atoms with Crippen molar-refractivity contribution in [3.63, 3.8) is 0 Å². The number of benzene rings is 2. The van der Waals surface area contributed by atoms with Gasteiger partial charge in [0, 0.05) is 11.1 Å². The van der Waals surface area contributed by atoms with Gasteiger partial charge in [-0.3, -0.25) is 19.2 Å². The summed E-state index contributed by atoms with van der Waals surface area (Å²) >= 11 is 12.0. The summed E-state index contributed by atoms with van der Waals surface area (Å²) in [6, 6.07) is 12.6. The lowest BCUT2D eigenvalue weighted by Crippen LogP contribution is -2.52. The lowest BCUT2D eigenvalue weighted by atomic mass is 9.78. The molecule has 3 unspecified atom stereocenters. The van der Waals surface area contributed by atoms with Crippen LogP contribution in [0.15, 0.2) is 60.7 Å². The maximum absolute atomic E-state index is 13.5. The molecule has 0 saturated carbocycles. The van der Waals surface area contributed by atoms with E-state index in [4.69, 9.17) is 23.2 Å². The number of hydrogen-bond donors (Lipinski definition) is 0. The summed E-state index contributed by atoms with van der Waals surface area (Å²) in [7, 11) is 0. The van der Waals surface area contributed by atoms with E-state index < -0.39 is 41.9 Å². The fourth-order valence-electron chi connectivity index (χ4n) is 4.23. The van der Waals surface area contributed by atoms with Crippen LogP contribution in [0.1, 0.15) is 34.1 Å². The first-order chi connectivity index (χ1) is 15.3. The van der Waals surface area contributed by atoms with Crippen LogP contribution >= 0.6 is 23.2 Å². The topological polar surface area (TPSA) is 74.8 Å². The van der Waals surface area contributed by atoms with Crippen LogP contribution in [0.5, 0.6) is 0 Å². The lowest BCUT2D eigenvalue weighted by molar-refractivity contribution is -0.154. The summed E-state index contributed by atoms with van der Waals surface area (Å²) in [4.78, 5) is 52.9. The molecule has 1 aliphatic carbocycles. The summed E-state index contributed by atoms with van der Waals surface area (Å²) in [5.41, 5.74) is 0.480. The third kappa shape index (κ3) is 3.96. The molecule has 1 aliphatic heterocycles. The Morgan fingerprint density at radius 1 is 1.00 bits per heavy atom. The van der Waals surface area contributed by atoms with Crippen LogP contribution in [-0.4, -0.2) is 40.1 Å². The summed E-state index contributed by atoms with van der Waals surface area (Å²) in [5, 5.41) is 2.20. The van der Waals surface area contributed by atoms with Gasteiger partial charge in [-0.05, 0) is 30.5 Å². The van der Waals surface area contributed by atoms with Crippen molar-refractivity contribution < 1.29 is 19.2 Å². The second-order valence-corrected chi connectivity index (χ2v) is 8.74. The highest BCUT2D eigenvalue weighted by Gasteiger charge is 2.53. The zero-order valence-electron chi connectivity index (χ0n) is 17.2. The molecule has 2 aliphatic rings. The maximum atomic E-state index is 13.5. The molecule has 0 radical (unpaired) electrons. The minimum atomic E-state index is -0.686. The van der Waals surface area contributed by atoms with Crippen LogP contribution in [0.25, 0.3) is 0 Å². The van der Waals surface area contributed by atoms with Gasteiger partial charge in [-0.1, -0.05) is 72.6 Å². The molecule has 4 rings (SSSR count). The van der Waals surface area contributed by atoms with Crippen molar-refractivity contribution in [2.45, 2.75) is 13.3 Å². The molecule has 3 atom stereocenters. The number of carbonyl (C=O) groups excluding carboxylic acids is 4. The van der Waals surface area contributed by atoms with Gasteiger partial charge in [-0.25, -0.2) is 5.01 Å². The van der Waals surface area contributed by atoms with E-state index in [1.54, 1.807) is 30.3 Å². The summed E-state index contributed by atoms with van der Waals surface area (Å²) in [6.07, 6.45) is 4.19. The largest absolute Gasteiger partial charge is 0.292 e. The highest BCUT2D eigenvalue weighted by atomic mass is 35.5. The van der Waals surface area contributed by atoms with Crippen LogP contribution in [0, 0.1) is 17.8 Å². The Morgan fingerprint density at radius 2 is 1.72 bits per heavy atom. The maximum Gasteiger partial charge on any atom is 0.273 e. The van der Waals surface area contributed by atoms with Crippen molar-refractivity contribution in [1.82, 2.24) is 10.0 Å². The number of halogens is 2. The third-order valence-electron chi connectivity index (χ3n) is 5.88. The minimum absolute atomic E-state index is 0.113. The molecule has 0 aromatic heterocycles. The molecule has 0 bridgehead atoms. The first kappa shape index (κ1) is 22.2. The first-order valence-corrected chi connectivity index (χ1v) is 10.9. The number of allylic oxidation sites excluding steroid dienone is 2. The molecule has 32 heavy (non-hydrogen) atoms. The summed E-state index contributed by atoms with van der Waals surface area (Å²) in [6.45, 7) is 1.39. The quantitative estimate of drug-likeness (QED) is 0.368. The standard InChI is InChI=1S/C24H20Cl2N2O4/c1-14-6-5-9-17-21(14)24(32)28(23(17)31)27(13-20(29)15-7-3-2-4-8-15)22(30)16-10-11-18(25)19(26)12-16/h2-8,10-12,14,17,21H,9,13H2,1H3. The van der Waals surface area contributed by atoms with E-state index in [-0.39, 0.29) is 21.5 Å². The van der Waals surface area contributed by atoms with E-state index in [1.807, 2.05) is 19.1 Å². The SMILES string of the molecule is CC1C=CCC2C(=O)N(N(CC(=O)c3ccccc3)C(=O)c3ccc(Cl)c(Cl)c3)C(=O)C12. The minimum Gasteiger partial charge on any atom is -0.292 e. The number of hydrazine groups is 1. The number of ketones is 1. The first-order valence-electron chi connectivity index (χ1n) is 10.2. The van der Waals surface area contributed by atoms with Crippen LogP contribution in [0.2, 0.25) is 10.0 Å². The molecule has 1 heterocycles. The van der Waals surface area contributed by atoms with Gasteiger partial charge >= 0.3 is 0 Å². The van der Waals surface area contributed by atoms with Gasteiger partial charge in [0.15, 0.2) is 5.78 Å². The van der Waals surface area contributed by atoms with E-state index in [0.29, 0.717) is 12.0 Å². The molecule has 6 nitrogen and oxygen atoms in total. The van der Waals surface area contributed by atoms with Crippen molar-refractivity contribution in [3.05, 3.63) is 81.9 Å². The van der Waals surface area contributed by atoms with Gasteiger partial charge in [0.05, 0.1) is 21.9 Å². The molecule has 164 valence electrons. The van der Waals surface area contributed by atoms with E-state index in [9.17, 15) is 19.2 Å². The van der Waals surface area contributed by atoms with E-state index in [2.05, 4.69) is 0 Å². The zero-order chi connectivity index (χ0) is 23.0. The number of carbonyl (C=O) groups is 4. The summed E-state index contributed by atoms with van der Waals surface area (Å²) in [5.74, 6) is -3.32. The normalized spacial score (nSPS) is 22.1. The van der Waals surface area contributed by atoms with E-state index >= 15 is 0 Å². The number of nitrogens with zero attached hydrogens (tertiary/aromatic N) is 2. The van der Waals surface area contributed by atoms with Crippen molar-refractivity contribution in [1.29, 1.82) is 0 Å². The van der Waals surface area contributed by atoms with Crippen LogP contribution in [-0.2, 0) is 9.59 Å². The number of fused-ring (bicyclic) bond motifs is 1. The lowest BCUT2D eigenvalue weighted by Gasteiger charge is -2.30. The highest BCUT2D eigenvalue weighted by molar-refractivity contribution is 6.42. The Kier molecular flexibility index (Phi) is 6.17. The van der Waals surface area contributed by atoms with Gasteiger partial charge in [-0.15, -0.1) is 0 Å². The van der Waals surface area contributed by atoms with Crippen molar-refractivity contribution in [2.75, 3.05) is 6.54 Å². The van der Waals surface area contributed by atoms with Crippen molar-refractivity contribution in [2.24, 2.45) is 17.8 Å². The van der Waals surface area contributed by atoms with Gasteiger partial charge in [0.25, 0.3) is 17.7 Å². The predicted molar refractivity (Wildman–Crippen MR) is 120 cm³/mol. The monoisotopic (exact) mass is 470 g/mol. The molecule has 2 aromatic rings. The Labute approximate surface area is 195 Å². The molecule has 0 spiro atoms. The van der Waals surface area contributed by atoms with Gasteiger partial charge in [-0.2, -0.15) is 5.01 Å². The van der Waals surface area contributed by atoms with Crippen LogP contribution in [0.4, 0.5) is 0 Å². The molecule has 3 amide bonds. The number of rotatable bonds is 5. The van der Waals surface area contributed by atoms with Crippen LogP contribution < -0.4 is 0 Å². The van der Waals surface area contributed by atoms with E-state index in [0.717, 1.165) is 10.0 Å². The smallest absolute Gasteiger partial charge is 0.273 e.